The molecule has 1 saturated carbocycles. The molecule has 0 radical (unpaired) electrons. The third-order valence-corrected chi connectivity index (χ3v) is 3.86. The summed E-state index contributed by atoms with van der Waals surface area (Å²) in [6.07, 6.45) is 7.27. The molecule has 0 aromatic carbocycles. The maximum Gasteiger partial charge on any atom is 0.229 e. The number of morpholine rings is 1. The van der Waals surface area contributed by atoms with Crippen LogP contribution in [0, 0.1) is 0 Å². The topological polar surface area (TPSA) is 60.2 Å². The van der Waals surface area contributed by atoms with Crippen LogP contribution < -0.4 is 5.32 Å². The molecule has 1 atom stereocenters. The summed E-state index contributed by atoms with van der Waals surface area (Å²) in [5.41, 5.74) is 0. The summed E-state index contributed by atoms with van der Waals surface area (Å²) in [4.78, 5) is 4.54. The van der Waals surface area contributed by atoms with Gasteiger partial charge in [0.15, 0.2) is 5.82 Å². The molecule has 5 nitrogen and oxygen atoms in total. The van der Waals surface area contributed by atoms with E-state index in [1.807, 2.05) is 0 Å². The van der Waals surface area contributed by atoms with Crippen molar-refractivity contribution in [3.05, 3.63) is 11.7 Å². The average Bonchev–Trinajstić information content (AvgIpc) is 2.89. The fourth-order valence-corrected chi connectivity index (χ4v) is 2.82. The Morgan fingerprint density at radius 1 is 1.22 bits per heavy atom. The van der Waals surface area contributed by atoms with Crippen molar-refractivity contribution in [2.45, 2.75) is 50.5 Å². The Hall–Kier alpha value is -0.940. The lowest BCUT2D eigenvalue weighted by atomic mass is 9.89. The maximum atomic E-state index is 5.65. The van der Waals surface area contributed by atoms with Crippen molar-refractivity contribution >= 4 is 0 Å². The number of aromatic nitrogens is 2. The number of hydrogen-bond donors (Lipinski definition) is 1. The Morgan fingerprint density at radius 2 is 2.11 bits per heavy atom. The van der Waals surface area contributed by atoms with E-state index >= 15 is 0 Å². The molecule has 2 aliphatic rings. The van der Waals surface area contributed by atoms with Crippen LogP contribution in [0.15, 0.2) is 4.52 Å². The third kappa shape index (κ3) is 2.90. The van der Waals surface area contributed by atoms with Crippen molar-refractivity contribution in [2.75, 3.05) is 19.7 Å². The van der Waals surface area contributed by atoms with Gasteiger partial charge in [0.1, 0.15) is 0 Å². The molecule has 1 aromatic rings. The van der Waals surface area contributed by atoms with Crippen LogP contribution in [0.4, 0.5) is 0 Å². The highest BCUT2D eigenvalue weighted by atomic mass is 16.5. The van der Waals surface area contributed by atoms with Gasteiger partial charge < -0.3 is 14.6 Å². The fourth-order valence-electron chi connectivity index (χ4n) is 2.82. The van der Waals surface area contributed by atoms with Crippen LogP contribution in [0.2, 0.25) is 0 Å². The summed E-state index contributed by atoms with van der Waals surface area (Å²) >= 11 is 0. The fraction of sp³-hybridized carbons (Fsp3) is 0.846. The van der Waals surface area contributed by atoms with Gasteiger partial charge >= 0.3 is 0 Å². The summed E-state index contributed by atoms with van der Waals surface area (Å²) in [7, 11) is 0. The van der Waals surface area contributed by atoms with E-state index in [1.165, 1.54) is 32.1 Å². The molecular weight excluding hydrogens is 230 g/mol. The highest BCUT2D eigenvalue weighted by Gasteiger charge is 2.22. The van der Waals surface area contributed by atoms with Gasteiger partial charge in [-0.1, -0.05) is 24.4 Å². The van der Waals surface area contributed by atoms with Crippen LogP contribution in [0.1, 0.15) is 49.7 Å². The van der Waals surface area contributed by atoms with Gasteiger partial charge in [0.05, 0.1) is 19.1 Å². The first-order valence-corrected chi connectivity index (χ1v) is 7.06. The second kappa shape index (κ2) is 5.80. The Kier molecular flexibility index (Phi) is 3.90. The van der Waals surface area contributed by atoms with Crippen molar-refractivity contribution in [1.29, 1.82) is 0 Å². The summed E-state index contributed by atoms with van der Waals surface area (Å²) in [6.45, 7) is 2.59. The van der Waals surface area contributed by atoms with Crippen LogP contribution >= 0.6 is 0 Å². The van der Waals surface area contributed by atoms with E-state index in [1.54, 1.807) is 0 Å². The minimum Gasteiger partial charge on any atom is -0.375 e. The van der Waals surface area contributed by atoms with Crippen LogP contribution in [-0.4, -0.2) is 35.9 Å². The Balaban J connectivity index is 1.58. The van der Waals surface area contributed by atoms with Gasteiger partial charge in [-0.25, -0.2) is 0 Å². The van der Waals surface area contributed by atoms with Gasteiger partial charge in [0.2, 0.25) is 5.89 Å². The molecule has 1 aromatic heterocycles. The van der Waals surface area contributed by atoms with Crippen molar-refractivity contribution in [3.63, 3.8) is 0 Å². The molecule has 1 aliphatic heterocycles. The molecule has 100 valence electrons. The first-order valence-electron chi connectivity index (χ1n) is 7.06. The highest BCUT2D eigenvalue weighted by molar-refractivity contribution is 4.97. The minimum absolute atomic E-state index is 0.179. The van der Waals surface area contributed by atoms with Crippen LogP contribution in [0.3, 0.4) is 0 Å². The molecule has 0 amide bonds. The third-order valence-electron chi connectivity index (χ3n) is 3.86. The molecule has 0 bridgehead atoms. The zero-order chi connectivity index (χ0) is 12.2. The predicted molar refractivity (Wildman–Crippen MR) is 66.4 cm³/mol. The van der Waals surface area contributed by atoms with Crippen LogP contribution in [-0.2, 0) is 11.2 Å². The van der Waals surface area contributed by atoms with Crippen molar-refractivity contribution in [3.8, 4) is 0 Å². The van der Waals surface area contributed by atoms with Gasteiger partial charge in [0, 0.05) is 19.0 Å². The molecule has 1 N–H and O–H groups in total. The maximum absolute atomic E-state index is 5.65. The van der Waals surface area contributed by atoms with E-state index in [2.05, 4.69) is 15.5 Å². The molecule has 1 saturated heterocycles. The molecule has 0 spiro atoms. The Morgan fingerprint density at radius 3 is 2.89 bits per heavy atom. The molecule has 1 aliphatic carbocycles. The van der Waals surface area contributed by atoms with E-state index in [9.17, 15) is 0 Å². The van der Waals surface area contributed by atoms with E-state index in [-0.39, 0.29) is 6.10 Å². The molecule has 18 heavy (non-hydrogen) atoms. The lowest BCUT2D eigenvalue weighted by Gasteiger charge is -2.22. The quantitative estimate of drug-likeness (QED) is 0.885. The number of rotatable bonds is 3. The van der Waals surface area contributed by atoms with Crippen LogP contribution in [0.5, 0.6) is 0 Å². The smallest absolute Gasteiger partial charge is 0.229 e. The average molecular weight is 251 g/mol. The molecular formula is C13H21N3O2. The number of nitrogens with one attached hydrogen (secondary N) is 1. The summed E-state index contributed by atoms with van der Waals surface area (Å²) in [5, 5.41) is 7.45. The molecule has 5 heteroatoms. The number of hydrogen-bond acceptors (Lipinski definition) is 5. The van der Waals surface area contributed by atoms with Gasteiger partial charge in [-0.2, -0.15) is 4.98 Å². The van der Waals surface area contributed by atoms with E-state index in [4.69, 9.17) is 9.26 Å². The number of ether oxygens (including phenoxy) is 1. The van der Waals surface area contributed by atoms with E-state index in [0.29, 0.717) is 5.92 Å². The second-order valence-corrected chi connectivity index (χ2v) is 5.28. The molecule has 2 heterocycles. The standard InChI is InChI=1S/C13H21N3O2/c1-2-4-10(5-3-1)13-15-12(18-16-13)8-11-9-14-6-7-17-11/h10-11,14H,1-9H2. The molecule has 3 rings (SSSR count). The highest BCUT2D eigenvalue weighted by Crippen LogP contribution is 2.30. The summed E-state index contributed by atoms with van der Waals surface area (Å²) in [5.74, 6) is 2.15. The van der Waals surface area contributed by atoms with E-state index in [0.717, 1.165) is 37.8 Å². The number of nitrogens with zero attached hydrogens (tertiary/aromatic N) is 2. The van der Waals surface area contributed by atoms with Crippen molar-refractivity contribution in [2.24, 2.45) is 0 Å². The van der Waals surface area contributed by atoms with E-state index < -0.39 is 0 Å². The monoisotopic (exact) mass is 251 g/mol. The first kappa shape index (κ1) is 12.1. The lowest BCUT2D eigenvalue weighted by Crippen LogP contribution is -2.39. The predicted octanol–water partition coefficient (Wildman–Crippen LogP) is 1.65. The Bertz CT molecular complexity index is 368. The first-order chi connectivity index (χ1) is 8.92. The second-order valence-electron chi connectivity index (χ2n) is 5.28. The normalized spacial score (nSPS) is 26.3. The zero-order valence-electron chi connectivity index (χ0n) is 10.7. The van der Waals surface area contributed by atoms with Crippen molar-refractivity contribution in [1.82, 2.24) is 15.5 Å². The SMILES string of the molecule is C1CCC(c2noc(CC3CNCCO3)n2)CC1. The van der Waals surface area contributed by atoms with Crippen molar-refractivity contribution < 1.29 is 9.26 Å². The summed E-state index contributed by atoms with van der Waals surface area (Å²) in [6, 6.07) is 0. The zero-order valence-corrected chi connectivity index (χ0v) is 10.7. The van der Waals surface area contributed by atoms with Gasteiger partial charge in [-0.3, -0.25) is 0 Å². The largest absolute Gasteiger partial charge is 0.375 e. The molecule has 1 unspecified atom stereocenters. The van der Waals surface area contributed by atoms with Gasteiger partial charge in [0.25, 0.3) is 0 Å². The Labute approximate surface area is 107 Å². The lowest BCUT2D eigenvalue weighted by molar-refractivity contribution is 0.0246. The molecule has 2 fully saturated rings. The minimum atomic E-state index is 0.179. The summed E-state index contributed by atoms with van der Waals surface area (Å²) < 4.78 is 11.0. The van der Waals surface area contributed by atoms with Crippen LogP contribution in [0.25, 0.3) is 0 Å². The van der Waals surface area contributed by atoms with Gasteiger partial charge in [-0.05, 0) is 12.8 Å². The van der Waals surface area contributed by atoms with Gasteiger partial charge in [-0.15, -0.1) is 0 Å².